The maximum atomic E-state index is 15.7. The summed E-state index contributed by atoms with van der Waals surface area (Å²) in [6, 6.07) is 5.07. The van der Waals surface area contributed by atoms with Crippen LogP contribution in [0.25, 0.3) is 0 Å². The molecule has 0 bridgehead atoms. The van der Waals surface area contributed by atoms with Crippen molar-refractivity contribution in [3.8, 4) is 0 Å². The summed E-state index contributed by atoms with van der Waals surface area (Å²) in [4.78, 5) is 27.6. The van der Waals surface area contributed by atoms with Crippen molar-refractivity contribution >= 4 is 40.7 Å². The molecule has 2 heterocycles. The minimum atomic E-state index is -1.58. The van der Waals surface area contributed by atoms with Crippen LogP contribution in [-0.2, 0) is 15.0 Å². The molecule has 0 radical (unpaired) electrons. The minimum absolute atomic E-state index is 0.0352. The molecular weight excluding hydrogens is 539 g/mol. The molecular formula is C27H31Cl2F2N3O4. The molecule has 2 aromatic carbocycles. The first kappa shape index (κ1) is 28.7. The van der Waals surface area contributed by atoms with E-state index in [4.69, 9.17) is 28.3 Å². The highest BCUT2D eigenvalue weighted by Gasteiger charge is 2.66. The molecule has 5 atom stereocenters. The van der Waals surface area contributed by atoms with Gasteiger partial charge in [0.05, 0.1) is 28.8 Å². The Labute approximate surface area is 229 Å². The summed E-state index contributed by atoms with van der Waals surface area (Å²) in [5, 5.41) is 27.2. The Morgan fingerprint density at radius 3 is 2.58 bits per heavy atom. The van der Waals surface area contributed by atoms with Gasteiger partial charge < -0.3 is 26.2 Å². The number of aliphatic hydroxyl groups excluding tert-OH is 2. The van der Waals surface area contributed by atoms with Gasteiger partial charge in [0.2, 0.25) is 11.8 Å². The SMILES string of the molecule is CC(C)(C)C[C@H]1N[C@@H](C(=O)NCC[C@H](O)CO)[C@H](c2cccc(Cl)c2F)[C@@]12C(=O)Nc1cc(Cl)c(F)cc12. The zero-order valence-electron chi connectivity index (χ0n) is 21.2. The van der Waals surface area contributed by atoms with Crippen LogP contribution in [0.5, 0.6) is 0 Å². The van der Waals surface area contributed by atoms with Crippen molar-refractivity contribution in [2.75, 3.05) is 18.5 Å². The van der Waals surface area contributed by atoms with Gasteiger partial charge in [-0.1, -0.05) is 56.1 Å². The van der Waals surface area contributed by atoms with E-state index in [1.54, 1.807) is 0 Å². The number of hydrogen-bond acceptors (Lipinski definition) is 5. The molecule has 2 aliphatic heterocycles. The Hall–Kier alpha value is -2.30. The second-order valence-corrected chi connectivity index (χ2v) is 11.9. The van der Waals surface area contributed by atoms with E-state index >= 15 is 4.39 Å². The number of fused-ring (bicyclic) bond motifs is 2. The van der Waals surface area contributed by atoms with E-state index in [-0.39, 0.29) is 39.6 Å². The molecule has 5 N–H and O–H groups in total. The van der Waals surface area contributed by atoms with Crippen molar-refractivity contribution in [2.24, 2.45) is 5.41 Å². The fraction of sp³-hybridized carbons (Fsp3) is 0.481. The topological polar surface area (TPSA) is 111 Å². The molecule has 2 aromatic rings. The lowest BCUT2D eigenvalue weighted by Gasteiger charge is -2.37. The fourth-order valence-corrected chi connectivity index (χ4v) is 6.07. The molecule has 0 aliphatic carbocycles. The lowest BCUT2D eigenvalue weighted by molar-refractivity contribution is -0.124. The van der Waals surface area contributed by atoms with Crippen LogP contribution >= 0.6 is 23.2 Å². The molecule has 11 heteroatoms. The summed E-state index contributed by atoms with van der Waals surface area (Å²) >= 11 is 12.2. The third-order valence-corrected chi connectivity index (χ3v) is 7.87. The largest absolute Gasteiger partial charge is 0.394 e. The summed E-state index contributed by atoms with van der Waals surface area (Å²) < 4.78 is 30.6. The molecule has 0 unspecified atom stereocenters. The van der Waals surface area contributed by atoms with Crippen molar-refractivity contribution < 1.29 is 28.6 Å². The van der Waals surface area contributed by atoms with E-state index in [0.29, 0.717) is 12.1 Å². The third kappa shape index (κ3) is 5.02. The Morgan fingerprint density at radius 2 is 1.92 bits per heavy atom. The van der Waals surface area contributed by atoms with Gasteiger partial charge in [-0.2, -0.15) is 0 Å². The quantitative estimate of drug-likeness (QED) is 0.347. The van der Waals surface area contributed by atoms with E-state index in [0.717, 1.165) is 0 Å². The number of rotatable bonds is 7. The Bertz CT molecular complexity index is 1260. The normalized spacial score (nSPS) is 25.4. The lowest BCUT2D eigenvalue weighted by atomic mass is 9.62. The van der Waals surface area contributed by atoms with E-state index in [1.165, 1.54) is 30.3 Å². The minimum Gasteiger partial charge on any atom is -0.394 e. The van der Waals surface area contributed by atoms with Gasteiger partial charge in [-0.05, 0) is 47.6 Å². The first-order valence-corrected chi connectivity index (χ1v) is 13.1. The monoisotopic (exact) mass is 569 g/mol. The number of halogens is 4. The van der Waals surface area contributed by atoms with Crippen molar-refractivity contribution in [1.29, 1.82) is 0 Å². The average molecular weight is 570 g/mol. The van der Waals surface area contributed by atoms with Crippen LogP contribution in [0.2, 0.25) is 10.0 Å². The highest BCUT2D eigenvalue weighted by molar-refractivity contribution is 6.31. The summed E-state index contributed by atoms with van der Waals surface area (Å²) in [6.45, 7) is 5.48. The number of nitrogens with one attached hydrogen (secondary N) is 3. The van der Waals surface area contributed by atoms with E-state index in [9.17, 15) is 19.1 Å². The van der Waals surface area contributed by atoms with Gasteiger partial charge >= 0.3 is 0 Å². The van der Waals surface area contributed by atoms with E-state index in [2.05, 4.69) is 16.0 Å². The number of benzene rings is 2. The Kier molecular flexibility index (Phi) is 8.08. The molecule has 1 saturated heterocycles. The van der Waals surface area contributed by atoms with Crippen molar-refractivity contribution in [1.82, 2.24) is 10.6 Å². The predicted molar refractivity (Wildman–Crippen MR) is 141 cm³/mol. The van der Waals surface area contributed by atoms with Gasteiger partial charge in [0, 0.05) is 24.2 Å². The first-order chi connectivity index (χ1) is 17.8. The van der Waals surface area contributed by atoms with Gasteiger partial charge in [-0.25, -0.2) is 8.78 Å². The van der Waals surface area contributed by atoms with Crippen LogP contribution in [0.3, 0.4) is 0 Å². The van der Waals surface area contributed by atoms with Crippen LogP contribution in [0.4, 0.5) is 14.5 Å². The second kappa shape index (κ2) is 10.7. The molecule has 206 valence electrons. The number of carbonyl (C=O) groups excluding carboxylic acids is 2. The Morgan fingerprint density at radius 1 is 1.21 bits per heavy atom. The molecule has 4 rings (SSSR count). The number of aliphatic hydroxyl groups is 2. The average Bonchev–Trinajstić information content (AvgIpc) is 3.30. The number of anilines is 1. The third-order valence-electron chi connectivity index (χ3n) is 7.29. The van der Waals surface area contributed by atoms with Crippen LogP contribution in [0.1, 0.15) is 50.7 Å². The molecule has 2 amide bonds. The highest BCUT2D eigenvalue weighted by atomic mass is 35.5. The summed E-state index contributed by atoms with van der Waals surface area (Å²) in [7, 11) is 0. The summed E-state index contributed by atoms with van der Waals surface area (Å²) in [5.41, 5.74) is -1.31. The first-order valence-electron chi connectivity index (χ1n) is 12.4. The molecule has 1 spiro atoms. The zero-order chi connectivity index (χ0) is 28.0. The van der Waals surface area contributed by atoms with E-state index in [1.807, 2.05) is 20.8 Å². The maximum Gasteiger partial charge on any atom is 0.237 e. The molecule has 0 saturated carbocycles. The maximum absolute atomic E-state index is 15.7. The van der Waals surface area contributed by atoms with Crippen molar-refractivity contribution in [2.45, 2.75) is 63.1 Å². The molecule has 1 fully saturated rings. The van der Waals surface area contributed by atoms with Gasteiger partial charge in [0.15, 0.2) is 0 Å². The van der Waals surface area contributed by atoms with Gasteiger partial charge in [-0.15, -0.1) is 0 Å². The Balaban J connectivity index is 1.92. The second-order valence-electron chi connectivity index (χ2n) is 11.1. The smallest absolute Gasteiger partial charge is 0.237 e. The van der Waals surface area contributed by atoms with E-state index < -0.39 is 59.6 Å². The standard InChI is InChI=1S/C27H31Cl2F2N3O4/c1-26(2,3)11-20-27(15-9-18(30)17(29)10-19(15)33-25(27)38)21(14-5-4-6-16(28)22(14)31)23(34-20)24(37)32-8-7-13(36)12-35/h4-6,9-10,13,20-21,23,34-36H,7-8,11-12H2,1-3H3,(H,32,37)(H,33,38)/t13-,20+,21-,23+,27-/m0/s1. The number of hydrogen-bond donors (Lipinski definition) is 5. The zero-order valence-corrected chi connectivity index (χ0v) is 22.8. The van der Waals surface area contributed by atoms with Gasteiger partial charge in [-0.3, -0.25) is 9.59 Å². The van der Waals surface area contributed by atoms with Crippen molar-refractivity contribution in [3.63, 3.8) is 0 Å². The van der Waals surface area contributed by atoms with Crippen LogP contribution in [-0.4, -0.2) is 53.4 Å². The predicted octanol–water partition coefficient (Wildman–Crippen LogP) is 3.88. The van der Waals surface area contributed by atoms with Crippen LogP contribution in [0.15, 0.2) is 30.3 Å². The fourth-order valence-electron chi connectivity index (χ4n) is 5.73. The molecule has 7 nitrogen and oxygen atoms in total. The molecule has 38 heavy (non-hydrogen) atoms. The lowest BCUT2D eigenvalue weighted by Crippen LogP contribution is -2.49. The highest BCUT2D eigenvalue weighted by Crippen LogP contribution is 2.57. The van der Waals surface area contributed by atoms with Gasteiger partial charge in [0.25, 0.3) is 0 Å². The summed E-state index contributed by atoms with van der Waals surface area (Å²) in [5.74, 6) is -3.68. The molecule has 0 aromatic heterocycles. The van der Waals surface area contributed by atoms with Crippen molar-refractivity contribution in [3.05, 3.63) is 63.1 Å². The number of carbonyl (C=O) groups is 2. The van der Waals surface area contributed by atoms with Crippen LogP contribution in [0, 0.1) is 17.0 Å². The number of amides is 2. The summed E-state index contributed by atoms with van der Waals surface area (Å²) in [6.07, 6.45) is -0.543. The molecule has 2 aliphatic rings. The van der Waals surface area contributed by atoms with Crippen LogP contribution < -0.4 is 16.0 Å². The van der Waals surface area contributed by atoms with Gasteiger partial charge in [0.1, 0.15) is 17.0 Å².